The van der Waals surface area contributed by atoms with Crippen molar-refractivity contribution in [2.45, 2.75) is 24.7 Å². The first-order valence-corrected chi connectivity index (χ1v) is 7.81. The molecule has 1 aliphatic rings. The second-order valence-corrected chi connectivity index (χ2v) is 6.49. The molecular weight excluding hydrogens is 255 g/mol. The summed E-state index contributed by atoms with van der Waals surface area (Å²) < 4.78 is 27.9. The molecule has 0 aromatic heterocycles. The summed E-state index contributed by atoms with van der Waals surface area (Å²) in [6.07, 6.45) is 2.90. The van der Waals surface area contributed by atoms with Gasteiger partial charge in [-0.2, -0.15) is 0 Å². The van der Waals surface area contributed by atoms with Gasteiger partial charge in [-0.05, 0) is 25.0 Å². The monoisotopic (exact) mass is 271 g/mol. The number of benzene rings is 1. The summed E-state index contributed by atoms with van der Waals surface area (Å²) >= 11 is 0. The van der Waals surface area contributed by atoms with Gasteiger partial charge in [-0.25, -0.2) is 4.52 Å². The fraction of sp³-hybridized carbons (Fsp3) is 0.455. The van der Waals surface area contributed by atoms with Crippen LogP contribution in [0.2, 0.25) is 0 Å². The summed E-state index contributed by atoms with van der Waals surface area (Å²) in [4.78, 5) is 0. The number of hydrogen-bond donors (Lipinski definition) is 0. The maximum atomic E-state index is 11.7. The normalized spacial score (nSPS) is 25.5. The van der Waals surface area contributed by atoms with Gasteiger partial charge in [-0.1, -0.05) is 22.7 Å². The highest BCUT2D eigenvalue weighted by molar-refractivity contribution is 7.33. The molecule has 1 heterocycles. The van der Waals surface area contributed by atoms with E-state index < -0.39 is 13.7 Å². The summed E-state index contributed by atoms with van der Waals surface area (Å²) in [5.74, 6) is 0.551. The maximum absolute atomic E-state index is 11.7. The van der Waals surface area contributed by atoms with E-state index in [-0.39, 0.29) is 0 Å². The Morgan fingerprint density at radius 3 is 2.71 bits per heavy atom. The van der Waals surface area contributed by atoms with E-state index in [1.165, 1.54) is 0 Å². The average Bonchev–Trinajstić information content (AvgIpc) is 2.30. The SMILES string of the molecule is O=[P+](Oc1ccccc1)OC1([SiH3])CCCCO1. The van der Waals surface area contributed by atoms with Gasteiger partial charge in [0.05, 0.1) is 10.2 Å². The lowest BCUT2D eigenvalue weighted by Crippen LogP contribution is -2.38. The molecule has 0 radical (unpaired) electrons. The summed E-state index contributed by atoms with van der Waals surface area (Å²) in [7, 11) is -1.48. The molecule has 1 saturated heterocycles. The fourth-order valence-corrected chi connectivity index (χ4v) is 3.52. The van der Waals surface area contributed by atoms with Crippen LogP contribution in [-0.4, -0.2) is 22.3 Å². The van der Waals surface area contributed by atoms with Crippen molar-refractivity contribution in [2.75, 3.05) is 6.61 Å². The van der Waals surface area contributed by atoms with Gasteiger partial charge in [0.15, 0.2) is 11.2 Å². The third-order valence-electron chi connectivity index (χ3n) is 2.62. The summed E-state index contributed by atoms with van der Waals surface area (Å²) in [5, 5.41) is 0. The molecule has 4 nitrogen and oxygen atoms in total. The topological polar surface area (TPSA) is 44.8 Å². The van der Waals surface area contributed by atoms with Crippen molar-refractivity contribution in [2.24, 2.45) is 0 Å². The first-order chi connectivity index (χ1) is 8.18. The Kier molecular flexibility index (Phi) is 4.29. The van der Waals surface area contributed by atoms with Crippen LogP contribution in [0.25, 0.3) is 0 Å². The fourth-order valence-electron chi connectivity index (χ4n) is 1.72. The van der Waals surface area contributed by atoms with Crippen LogP contribution >= 0.6 is 8.25 Å². The summed E-state index contributed by atoms with van der Waals surface area (Å²) in [6.45, 7) is 0.679. The minimum Gasteiger partial charge on any atom is -0.350 e. The number of rotatable bonds is 4. The first-order valence-electron chi connectivity index (χ1n) is 5.71. The largest absolute Gasteiger partial charge is 0.752 e. The van der Waals surface area contributed by atoms with E-state index in [0.717, 1.165) is 19.3 Å². The summed E-state index contributed by atoms with van der Waals surface area (Å²) in [6, 6.07) is 9.02. The molecule has 2 unspecified atom stereocenters. The number of ether oxygens (including phenoxy) is 1. The lowest BCUT2D eigenvalue weighted by molar-refractivity contribution is -0.143. The first kappa shape index (κ1) is 12.7. The molecule has 92 valence electrons. The zero-order valence-corrected chi connectivity index (χ0v) is 12.7. The van der Waals surface area contributed by atoms with Crippen LogP contribution in [0.1, 0.15) is 19.3 Å². The highest BCUT2D eigenvalue weighted by Gasteiger charge is 2.40. The number of para-hydroxylation sites is 1. The van der Waals surface area contributed by atoms with Gasteiger partial charge < -0.3 is 4.74 Å². The van der Waals surface area contributed by atoms with Gasteiger partial charge in [0.2, 0.25) is 0 Å². The quantitative estimate of drug-likeness (QED) is 0.620. The van der Waals surface area contributed by atoms with Crippen molar-refractivity contribution in [3.8, 4) is 5.75 Å². The van der Waals surface area contributed by atoms with Crippen molar-refractivity contribution in [3.05, 3.63) is 30.3 Å². The molecule has 1 aromatic carbocycles. The molecule has 0 bridgehead atoms. The van der Waals surface area contributed by atoms with Crippen LogP contribution in [0.3, 0.4) is 0 Å². The highest BCUT2D eigenvalue weighted by Crippen LogP contribution is 2.36. The molecule has 1 aromatic rings. The Balaban J connectivity index is 1.88. The Morgan fingerprint density at radius 1 is 1.29 bits per heavy atom. The molecular formula is C11H16O4PSi+. The Bertz CT molecular complexity index is 378. The van der Waals surface area contributed by atoms with Crippen LogP contribution in [-0.2, 0) is 13.8 Å². The van der Waals surface area contributed by atoms with Gasteiger partial charge in [-0.15, -0.1) is 0 Å². The molecule has 2 atom stereocenters. The van der Waals surface area contributed by atoms with Gasteiger partial charge >= 0.3 is 8.25 Å². The second kappa shape index (κ2) is 5.73. The van der Waals surface area contributed by atoms with Crippen LogP contribution in [0.15, 0.2) is 30.3 Å². The smallest absolute Gasteiger partial charge is 0.350 e. The van der Waals surface area contributed by atoms with E-state index in [2.05, 4.69) is 0 Å². The van der Waals surface area contributed by atoms with E-state index in [4.69, 9.17) is 13.8 Å². The van der Waals surface area contributed by atoms with Crippen molar-refractivity contribution in [1.29, 1.82) is 0 Å². The second-order valence-electron chi connectivity index (χ2n) is 4.16. The van der Waals surface area contributed by atoms with Crippen LogP contribution < -0.4 is 4.52 Å². The molecule has 1 aliphatic heterocycles. The predicted molar refractivity (Wildman–Crippen MR) is 68.2 cm³/mol. The molecule has 0 aliphatic carbocycles. The molecule has 0 amide bonds. The van der Waals surface area contributed by atoms with Gasteiger partial charge in [0, 0.05) is 17.6 Å². The molecule has 2 rings (SSSR count). The Labute approximate surface area is 105 Å². The van der Waals surface area contributed by atoms with Gasteiger partial charge in [0.1, 0.15) is 0 Å². The van der Waals surface area contributed by atoms with Crippen molar-refractivity contribution in [1.82, 2.24) is 0 Å². The molecule has 0 spiro atoms. The molecule has 17 heavy (non-hydrogen) atoms. The lowest BCUT2D eigenvalue weighted by atomic mass is 10.2. The number of hydrogen-bond acceptors (Lipinski definition) is 4. The van der Waals surface area contributed by atoms with Gasteiger partial charge in [-0.3, -0.25) is 0 Å². The standard InChI is InChI=1S/C11H16O4PSi/c12-16(14-10-6-2-1-3-7-10)15-11(17)8-4-5-9-13-11/h1-3,6-7H,4-5,8-9H2,17H3/q+1. The predicted octanol–water partition coefficient (Wildman–Crippen LogP) is 1.96. The molecule has 1 fully saturated rings. The minimum atomic E-state index is -2.17. The highest BCUT2D eigenvalue weighted by atomic mass is 31.1. The third kappa shape index (κ3) is 3.89. The van der Waals surface area contributed by atoms with E-state index in [1.54, 1.807) is 12.1 Å². The van der Waals surface area contributed by atoms with E-state index in [1.807, 2.05) is 18.2 Å². The van der Waals surface area contributed by atoms with Crippen LogP contribution in [0.5, 0.6) is 5.75 Å². The lowest BCUT2D eigenvalue weighted by Gasteiger charge is -2.27. The van der Waals surface area contributed by atoms with E-state index in [9.17, 15) is 4.57 Å². The van der Waals surface area contributed by atoms with E-state index in [0.29, 0.717) is 22.6 Å². The summed E-state index contributed by atoms with van der Waals surface area (Å²) in [5.41, 5.74) is -0.638. The zero-order chi connectivity index (χ0) is 12.1. The Hall–Kier alpha value is -0.743. The van der Waals surface area contributed by atoms with Crippen molar-refractivity contribution in [3.63, 3.8) is 0 Å². The molecule has 0 saturated carbocycles. The minimum absolute atomic E-state index is 0.551. The van der Waals surface area contributed by atoms with Crippen molar-refractivity contribution < 1.29 is 18.3 Å². The third-order valence-corrected chi connectivity index (χ3v) is 4.85. The van der Waals surface area contributed by atoms with Crippen molar-refractivity contribution >= 4 is 18.5 Å². The van der Waals surface area contributed by atoms with Crippen LogP contribution in [0, 0.1) is 0 Å². The van der Waals surface area contributed by atoms with Gasteiger partial charge in [0.25, 0.3) is 0 Å². The maximum Gasteiger partial charge on any atom is 0.752 e. The van der Waals surface area contributed by atoms with E-state index >= 15 is 0 Å². The molecule has 6 heteroatoms. The molecule has 0 N–H and O–H groups in total. The van der Waals surface area contributed by atoms with Crippen LogP contribution in [0.4, 0.5) is 0 Å². The Morgan fingerprint density at radius 2 is 2.06 bits per heavy atom. The average molecular weight is 271 g/mol. The zero-order valence-electron chi connectivity index (χ0n) is 9.80.